The van der Waals surface area contributed by atoms with Crippen molar-refractivity contribution in [2.75, 3.05) is 0 Å². The third kappa shape index (κ3) is 3.26. The molecule has 0 spiro atoms. The monoisotopic (exact) mass is 320 g/mol. The van der Waals surface area contributed by atoms with Gasteiger partial charge in [0.05, 0.1) is 29.3 Å². The van der Waals surface area contributed by atoms with Crippen molar-refractivity contribution in [1.29, 1.82) is 5.26 Å². The highest BCUT2D eigenvalue weighted by Crippen LogP contribution is 2.29. The minimum atomic E-state index is -0.327. The van der Waals surface area contributed by atoms with E-state index in [1.807, 2.05) is 19.9 Å². The van der Waals surface area contributed by atoms with Crippen molar-refractivity contribution < 1.29 is 9.18 Å². The van der Waals surface area contributed by atoms with Crippen molar-refractivity contribution in [3.63, 3.8) is 0 Å². The van der Waals surface area contributed by atoms with Gasteiger partial charge in [-0.05, 0) is 50.1 Å². The van der Waals surface area contributed by atoms with Gasteiger partial charge in [-0.15, -0.1) is 0 Å². The fraction of sp³-hybridized carbons (Fsp3) is 0.250. The van der Waals surface area contributed by atoms with Gasteiger partial charge in [0, 0.05) is 11.1 Å². The van der Waals surface area contributed by atoms with E-state index in [-0.39, 0.29) is 23.6 Å². The molecule has 0 saturated carbocycles. The van der Waals surface area contributed by atoms with Crippen molar-refractivity contribution >= 4 is 11.5 Å². The van der Waals surface area contributed by atoms with Gasteiger partial charge in [-0.3, -0.25) is 9.79 Å². The van der Waals surface area contributed by atoms with Crippen LogP contribution in [0.25, 0.3) is 0 Å². The lowest BCUT2D eigenvalue weighted by Gasteiger charge is -2.29. The first-order valence-electron chi connectivity index (χ1n) is 7.79. The molecule has 0 radical (unpaired) electrons. The predicted molar refractivity (Wildman–Crippen MR) is 90.8 cm³/mol. The molecule has 0 aromatic heterocycles. The summed E-state index contributed by atoms with van der Waals surface area (Å²) in [7, 11) is 0. The van der Waals surface area contributed by atoms with Crippen molar-refractivity contribution in [3.05, 3.63) is 70.5 Å². The molecule has 4 heteroatoms. The summed E-state index contributed by atoms with van der Waals surface area (Å²) in [6.07, 6.45) is 0.836. The van der Waals surface area contributed by atoms with Gasteiger partial charge in [-0.2, -0.15) is 5.26 Å². The van der Waals surface area contributed by atoms with E-state index in [0.29, 0.717) is 16.8 Å². The van der Waals surface area contributed by atoms with Crippen molar-refractivity contribution in [2.45, 2.75) is 32.2 Å². The van der Waals surface area contributed by atoms with E-state index in [1.165, 1.54) is 12.1 Å². The number of hydrogen-bond donors (Lipinski definition) is 0. The van der Waals surface area contributed by atoms with Crippen molar-refractivity contribution in [1.82, 2.24) is 0 Å². The van der Waals surface area contributed by atoms with Gasteiger partial charge in [-0.25, -0.2) is 4.39 Å². The maximum Gasteiger partial charge on any atom is 0.168 e. The van der Waals surface area contributed by atoms with Gasteiger partial charge in [0.15, 0.2) is 5.78 Å². The zero-order chi connectivity index (χ0) is 17.3. The molecule has 3 nitrogen and oxygen atoms in total. The molecular weight excluding hydrogens is 303 g/mol. The first-order valence-corrected chi connectivity index (χ1v) is 7.79. The largest absolute Gasteiger partial charge is 0.294 e. The number of hydrogen-bond acceptors (Lipinski definition) is 3. The fourth-order valence-corrected chi connectivity index (χ4v) is 3.02. The predicted octanol–water partition coefficient (Wildman–Crippen LogP) is 4.09. The molecule has 0 amide bonds. The molecule has 0 unspecified atom stereocenters. The first kappa shape index (κ1) is 16.1. The second-order valence-electron chi connectivity index (χ2n) is 6.64. The molecule has 1 heterocycles. The molecule has 0 N–H and O–H groups in total. The summed E-state index contributed by atoms with van der Waals surface area (Å²) >= 11 is 0. The van der Waals surface area contributed by atoms with Crippen LogP contribution in [0.4, 0.5) is 4.39 Å². The molecule has 0 fully saturated rings. The maximum atomic E-state index is 13.6. The summed E-state index contributed by atoms with van der Waals surface area (Å²) < 4.78 is 13.6. The molecule has 24 heavy (non-hydrogen) atoms. The fourth-order valence-electron chi connectivity index (χ4n) is 3.02. The van der Waals surface area contributed by atoms with Crippen LogP contribution < -0.4 is 0 Å². The lowest BCUT2D eigenvalue weighted by Crippen LogP contribution is -2.30. The standard InChI is InChI=1S/C20H17FN2O/c1-20(2)11-15-7-8-16(21)9-17(15)18(23-20)10-19(24)14-5-3-13(12-22)4-6-14/h3-9H,10-11H2,1-2H3. The van der Waals surface area contributed by atoms with Gasteiger partial charge in [0.1, 0.15) is 5.82 Å². The molecule has 1 aliphatic rings. The van der Waals surface area contributed by atoms with E-state index >= 15 is 0 Å². The number of ketones is 1. The molecule has 0 saturated heterocycles. The van der Waals surface area contributed by atoms with Crippen LogP contribution in [0.2, 0.25) is 0 Å². The smallest absolute Gasteiger partial charge is 0.168 e. The Morgan fingerprint density at radius 1 is 1.25 bits per heavy atom. The molecular formula is C20H17FN2O. The third-order valence-corrected chi connectivity index (χ3v) is 4.11. The molecule has 2 aromatic rings. The normalized spacial score (nSPS) is 15.2. The van der Waals surface area contributed by atoms with E-state index in [4.69, 9.17) is 5.26 Å². The number of nitrogens with zero attached hydrogens (tertiary/aromatic N) is 2. The molecule has 0 aliphatic carbocycles. The summed E-state index contributed by atoms with van der Waals surface area (Å²) in [6.45, 7) is 4.01. The summed E-state index contributed by atoms with van der Waals surface area (Å²) in [5.74, 6) is -0.418. The quantitative estimate of drug-likeness (QED) is 0.800. The SMILES string of the molecule is CC1(C)Cc2ccc(F)cc2C(CC(=O)c2ccc(C#N)cc2)=N1. The Kier molecular flexibility index (Phi) is 4.02. The third-order valence-electron chi connectivity index (χ3n) is 4.11. The Labute approximate surface area is 140 Å². The Bertz CT molecular complexity index is 874. The second kappa shape index (κ2) is 6.01. The van der Waals surface area contributed by atoms with Crippen molar-refractivity contribution in [3.8, 4) is 6.07 Å². The van der Waals surface area contributed by atoms with E-state index in [9.17, 15) is 9.18 Å². The lowest BCUT2D eigenvalue weighted by atomic mass is 9.85. The zero-order valence-electron chi connectivity index (χ0n) is 13.6. The Morgan fingerprint density at radius 2 is 1.96 bits per heavy atom. The summed E-state index contributed by atoms with van der Waals surface area (Å²) in [5, 5.41) is 8.83. The minimum absolute atomic E-state index is 0.0915. The number of nitriles is 1. The van der Waals surface area contributed by atoms with E-state index < -0.39 is 0 Å². The summed E-state index contributed by atoms with van der Waals surface area (Å²) in [5.41, 5.74) is 3.07. The highest BCUT2D eigenvalue weighted by molar-refractivity contribution is 6.16. The summed E-state index contributed by atoms with van der Waals surface area (Å²) in [6, 6.07) is 13.2. The van der Waals surface area contributed by atoms with E-state index in [0.717, 1.165) is 17.5 Å². The molecule has 1 aliphatic heterocycles. The number of halogens is 1. The number of Topliss-reactive ketones (excluding diaryl/α,β-unsaturated/α-hetero) is 1. The van der Waals surface area contributed by atoms with Crippen LogP contribution in [0.15, 0.2) is 47.5 Å². The number of carbonyl (C=O) groups excluding carboxylic acids is 1. The second-order valence-corrected chi connectivity index (χ2v) is 6.64. The molecule has 3 rings (SSSR count). The molecule has 2 aromatic carbocycles. The Hall–Kier alpha value is -2.80. The maximum absolute atomic E-state index is 13.6. The zero-order valence-corrected chi connectivity index (χ0v) is 13.6. The summed E-state index contributed by atoms with van der Waals surface area (Å²) in [4.78, 5) is 17.2. The average Bonchev–Trinajstić information content (AvgIpc) is 2.55. The van der Waals surface area contributed by atoms with Crippen LogP contribution in [0.1, 0.15) is 47.3 Å². The number of fused-ring (bicyclic) bond motifs is 1. The Morgan fingerprint density at radius 3 is 2.62 bits per heavy atom. The van der Waals surface area contributed by atoms with Crippen LogP contribution in [0, 0.1) is 17.1 Å². The van der Waals surface area contributed by atoms with E-state index in [2.05, 4.69) is 4.99 Å². The van der Waals surface area contributed by atoms with Crippen LogP contribution in [0.5, 0.6) is 0 Å². The van der Waals surface area contributed by atoms with Gasteiger partial charge in [-0.1, -0.05) is 18.2 Å². The van der Waals surface area contributed by atoms with Crippen LogP contribution in [-0.4, -0.2) is 17.0 Å². The van der Waals surface area contributed by atoms with Gasteiger partial charge in [0.2, 0.25) is 0 Å². The molecule has 0 bridgehead atoms. The lowest BCUT2D eigenvalue weighted by molar-refractivity contribution is 0.100. The van der Waals surface area contributed by atoms with Crippen LogP contribution in [-0.2, 0) is 6.42 Å². The molecule has 120 valence electrons. The number of aliphatic imine (C=N–C) groups is 1. The highest BCUT2D eigenvalue weighted by Gasteiger charge is 2.28. The number of benzene rings is 2. The van der Waals surface area contributed by atoms with E-state index in [1.54, 1.807) is 30.3 Å². The van der Waals surface area contributed by atoms with Gasteiger partial charge in [0.25, 0.3) is 0 Å². The topological polar surface area (TPSA) is 53.2 Å². The number of carbonyl (C=O) groups is 1. The first-order chi connectivity index (χ1) is 11.4. The average molecular weight is 320 g/mol. The number of rotatable bonds is 3. The Balaban J connectivity index is 1.93. The van der Waals surface area contributed by atoms with Crippen molar-refractivity contribution in [2.24, 2.45) is 4.99 Å². The van der Waals surface area contributed by atoms with Crippen LogP contribution in [0.3, 0.4) is 0 Å². The highest BCUT2D eigenvalue weighted by atomic mass is 19.1. The minimum Gasteiger partial charge on any atom is -0.294 e. The van der Waals surface area contributed by atoms with Gasteiger partial charge < -0.3 is 0 Å². The van der Waals surface area contributed by atoms with Crippen LogP contribution >= 0.6 is 0 Å². The van der Waals surface area contributed by atoms with Gasteiger partial charge >= 0.3 is 0 Å². The molecule has 0 atom stereocenters.